The van der Waals surface area contributed by atoms with E-state index in [4.69, 9.17) is 5.73 Å². The van der Waals surface area contributed by atoms with Crippen molar-refractivity contribution in [1.82, 2.24) is 14.8 Å². The Labute approximate surface area is 102 Å². The third kappa shape index (κ3) is 3.70. The van der Waals surface area contributed by atoms with Gasteiger partial charge in [0.05, 0.1) is 0 Å². The average molecular weight is 242 g/mol. The molecule has 0 saturated carbocycles. The molecule has 0 aliphatic heterocycles. The topological polar surface area (TPSA) is 56.7 Å². The van der Waals surface area contributed by atoms with Gasteiger partial charge in [-0.2, -0.15) is 0 Å². The van der Waals surface area contributed by atoms with Crippen LogP contribution >= 0.6 is 11.8 Å². The number of anilines is 1. The zero-order valence-electron chi connectivity index (χ0n) is 10.6. The number of nitrogens with zero attached hydrogens (tertiary/aromatic N) is 3. The maximum atomic E-state index is 5.77. The van der Waals surface area contributed by atoms with E-state index in [-0.39, 0.29) is 0 Å². The summed E-state index contributed by atoms with van der Waals surface area (Å²) >= 11 is 1.75. The maximum absolute atomic E-state index is 5.77. The Balaban J connectivity index is 2.48. The molecule has 0 bridgehead atoms. The van der Waals surface area contributed by atoms with Gasteiger partial charge in [0.2, 0.25) is 5.95 Å². The van der Waals surface area contributed by atoms with E-state index >= 15 is 0 Å². The van der Waals surface area contributed by atoms with Crippen molar-refractivity contribution in [2.24, 2.45) is 5.92 Å². The van der Waals surface area contributed by atoms with Gasteiger partial charge < -0.3 is 5.73 Å². The summed E-state index contributed by atoms with van der Waals surface area (Å²) < 4.78 is 1.99. The molecule has 1 aromatic rings. The van der Waals surface area contributed by atoms with Crippen molar-refractivity contribution in [3.63, 3.8) is 0 Å². The second kappa shape index (κ2) is 6.13. The van der Waals surface area contributed by atoms with Crippen molar-refractivity contribution in [2.75, 3.05) is 11.5 Å². The van der Waals surface area contributed by atoms with E-state index in [2.05, 4.69) is 37.9 Å². The first kappa shape index (κ1) is 13.4. The summed E-state index contributed by atoms with van der Waals surface area (Å²) in [6.45, 7) is 8.69. The monoisotopic (exact) mass is 242 g/mol. The number of aromatic nitrogens is 3. The third-order valence-corrected chi connectivity index (χ3v) is 3.39. The molecule has 16 heavy (non-hydrogen) atoms. The second-order valence-corrected chi connectivity index (χ2v) is 5.75. The molecule has 1 heterocycles. The Morgan fingerprint density at radius 2 is 1.94 bits per heavy atom. The van der Waals surface area contributed by atoms with Gasteiger partial charge in [0.1, 0.15) is 0 Å². The summed E-state index contributed by atoms with van der Waals surface area (Å²) in [5.41, 5.74) is 5.77. The first-order valence-corrected chi connectivity index (χ1v) is 6.84. The second-order valence-electron chi connectivity index (χ2n) is 4.69. The summed E-state index contributed by atoms with van der Waals surface area (Å²) in [5.74, 6) is 2.37. The highest BCUT2D eigenvalue weighted by atomic mass is 32.2. The molecule has 5 heteroatoms. The Morgan fingerprint density at radius 1 is 1.25 bits per heavy atom. The van der Waals surface area contributed by atoms with Gasteiger partial charge in [0, 0.05) is 11.8 Å². The van der Waals surface area contributed by atoms with Crippen molar-refractivity contribution in [2.45, 2.75) is 51.7 Å². The highest BCUT2D eigenvalue weighted by Crippen LogP contribution is 2.23. The first-order valence-electron chi connectivity index (χ1n) is 5.85. The summed E-state index contributed by atoms with van der Waals surface area (Å²) in [6, 6.07) is 0.322. The molecular weight excluding hydrogens is 220 g/mol. The highest BCUT2D eigenvalue weighted by Gasteiger charge is 2.12. The Kier molecular flexibility index (Phi) is 5.12. The molecule has 0 fully saturated rings. The Hall–Kier alpha value is -0.710. The highest BCUT2D eigenvalue weighted by molar-refractivity contribution is 7.99. The van der Waals surface area contributed by atoms with Crippen LogP contribution in [0.3, 0.4) is 0 Å². The molecule has 0 aliphatic rings. The van der Waals surface area contributed by atoms with Crippen LogP contribution in [0.15, 0.2) is 5.16 Å². The molecule has 0 spiro atoms. The van der Waals surface area contributed by atoms with Gasteiger partial charge in [-0.25, -0.2) is 0 Å². The van der Waals surface area contributed by atoms with Crippen molar-refractivity contribution in [3.05, 3.63) is 0 Å². The van der Waals surface area contributed by atoms with Gasteiger partial charge in [-0.15, -0.1) is 10.2 Å². The lowest BCUT2D eigenvalue weighted by atomic mass is 10.1. The maximum Gasteiger partial charge on any atom is 0.222 e. The molecule has 0 aliphatic carbocycles. The van der Waals surface area contributed by atoms with Crippen molar-refractivity contribution < 1.29 is 0 Å². The molecule has 0 aromatic carbocycles. The summed E-state index contributed by atoms with van der Waals surface area (Å²) in [7, 11) is 0. The molecule has 4 nitrogen and oxygen atoms in total. The molecule has 0 saturated heterocycles. The lowest BCUT2D eigenvalue weighted by Gasteiger charge is -2.11. The lowest BCUT2D eigenvalue weighted by Crippen LogP contribution is -2.07. The predicted molar refractivity (Wildman–Crippen MR) is 69.6 cm³/mol. The fourth-order valence-electron chi connectivity index (χ4n) is 1.53. The largest absolute Gasteiger partial charge is 0.368 e. The minimum absolute atomic E-state index is 0.322. The zero-order chi connectivity index (χ0) is 12.1. The van der Waals surface area contributed by atoms with E-state index in [1.165, 1.54) is 12.8 Å². The van der Waals surface area contributed by atoms with Gasteiger partial charge in [-0.1, -0.05) is 32.0 Å². The standard InChI is InChI=1S/C11H22N4S/c1-8(2)6-5-7-16-11-14-13-10(12)15(11)9(3)4/h8-9H,5-7H2,1-4H3,(H2,12,13). The van der Waals surface area contributed by atoms with Crippen LogP contribution in [0, 0.1) is 5.92 Å². The van der Waals surface area contributed by atoms with E-state index < -0.39 is 0 Å². The van der Waals surface area contributed by atoms with Crippen molar-refractivity contribution in [1.29, 1.82) is 0 Å². The average Bonchev–Trinajstić information content (AvgIpc) is 2.54. The third-order valence-electron chi connectivity index (χ3n) is 2.36. The molecule has 0 amide bonds. The van der Waals surface area contributed by atoms with E-state index in [0.717, 1.165) is 16.8 Å². The Bertz CT molecular complexity index is 320. The minimum Gasteiger partial charge on any atom is -0.368 e. The zero-order valence-corrected chi connectivity index (χ0v) is 11.4. The first-order chi connectivity index (χ1) is 7.52. The van der Waals surface area contributed by atoms with Crippen LogP contribution in [-0.4, -0.2) is 20.5 Å². The minimum atomic E-state index is 0.322. The predicted octanol–water partition coefficient (Wildman–Crippen LogP) is 2.97. The SMILES string of the molecule is CC(C)CCCSc1nnc(N)n1C(C)C. The van der Waals surface area contributed by atoms with Gasteiger partial charge in [-0.3, -0.25) is 4.57 Å². The van der Waals surface area contributed by atoms with Crippen LogP contribution in [0.5, 0.6) is 0 Å². The van der Waals surface area contributed by atoms with Crippen molar-refractivity contribution >= 4 is 17.7 Å². The van der Waals surface area contributed by atoms with Crippen molar-refractivity contribution in [3.8, 4) is 0 Å². The van der Waals surface area contributed by atoms with Crippen LogP contribution < -0.4 is 5.73 Å². The van der Waals surface area contributed by atoms with Crippen LogP contribution in [0.2, 0.25) is 0 Å². The van der Waals surface area contributed by atoms with Crippen LogP contribution in [0.1, 0.15) is 46.6 Å². The Morgan fingerprint density at radius 3 is 2.50 bits per heavy atom. The van der Waals surface area contributed by atoms with Gasteiger partial charge in [0.25, 0.3) is 0 Å². The number of rotatable bonds is 6. The smallest absolute Gasteiger partial charge is 0.222 e. The van der Waals surface area contributed by atoms with Gasteiger partial charge in [-0.05, 0) is 26.2 Å². The fraction of sp³-hybridized carbons (Fsp3) is 0.818. The normalized spacial score (nSPS) is 11.6. The lowest BCUT2D eigenvalue weighted by molar-refractivity contribution is 0.555. The fourth-order valence-corrected chi connectivity index (χ4v) is 2.56. The van der Waals surface area contributed by atoms with Crippen LogP contribution in [0.25, 0.3) is 0 Å². The molecule has 2 N–H and O–H groups in total. The van der Waals surface area contributed by atoms with E-state index in [1.54, 1.807) is 11.8 Å². The number of nitrogens with two attached hydrogens (primary N) is 1. The molecule has 0 atom stereocenters. The number of hydrogen-bond acceptors (Lipinski definition) is 4. The van der Waals surface area contributed by atoms with E-state index in [0.29, 0.717) is 12.0 Å². The molecular formula is C11H22N4S. The molecule has 1 rings (SSSR count). The number of thioether (sulfide) groups is 1. The van der Waals surface area contributed by atoms with E-state index in [1.807, 2.05) is 4.57 Å². The molecule has 0 radical (unpaired) electrons. The summed E-state index contributed by atoms with van der Waals surface area (Å²) in [4.78, 5) is 0. The summed E-state index contributed by atoms with van der Waals surface area (Å²) in [6.07, 6.45) is 2.48. The molecule has 1 aromatic heterocycles. The number of nitrogen functional groups attached to an aromatic ring is 1. The molecule has 0 unspecified atom stereocenters. The van der Waals surface area contributed by atoms with Gasteiger partial charge >= 0.3 is 0 Å². The van der Waals surface area contributed by atoms with Crippen LogP contribution in [-0.2, 0) is 0 Å². The molecule has 92 valence electrons. The summed E-state index contributed by atoms with van der Waals surface area (Å²) in [5, 5.41) is 8.97. The van der Waals surface area contributed by atoms with Crippen LogP contribution in [0.4, 0.5) is 5.95 Å². The quantitative estimate of drug-likeness (QED) is 0.615. The van der Waals surface area contributed by atoms with Gasteiger partial charge in [0.15, 0.2) is 5.16 Å². The number of hydrogen-bond donors (Lipinski definition) is 1. The van der Waals surface area contributed by atoms with E-state index in [9.17, 15) is 0 Å².